The van der Waals surface area contributed by atoms with Crippen LogP contribution in [0.2, 0.25) is 5.02 Å². The number of nitrogens with one attached hydrogen (secondary N) is 1. The van der Waals surface area contributed by atoms with Gasteiger partial charge in [-0.1, -0.05) is 29.8 Å². The number of aromatic nitrogens is 1. The van der Waals surface area contributed by atoms with E-state index < -0.39 is 0 Å². The Morgan fingerprint density at radius 2 is 1.73 bits per heavy atom. The molecule has 7 heteroatoms. The molecule has 0 bridgehead atoms. The van der Waals surface area contributed by atoms with E-state index in [2.05, 4.69) is 5.32 Å². The summed E-state index contributed by atoms with van der Waals surface area (Å²) in [5, 5.41) is 4.18. The van der Waals surface area contributed by atoms with Crippen molar-refractivity contribution in [2.75, 3.05) is 19.5 Å². The van der Waals surface area contributed by atoms with Crippen LogP contribution >= 0.6 is 11.6 Å². The number of methoxy groups -OCH3 is 2. The first kappa shape index (κ1) is 17.8. The van der Waals surface area contributed by atoms with Gasteiger partial charge < -0.3 is 19.4 Å². The molecule has 0 aliphatic carbocycles. The van der Waals surface area contributed by atoms with E-state index in [0.29, 0.717) is 38.5 Å². The quantitative estimate of drug-likeness (QED) is 0.761. The van der Waals surface area contributed by atoms with E-state index in [4.69, 9.17) is 21.1 Å². The second-order valence-electron chi connectivity index (χ2n) is 5.65. The number of amides is 1. The Labute approximate surface area is 154 Å². The van der Waals surface area contributed by atoms with Gasteiger partial charge >= 0.3 is 0 Å². The number of hydrogen-bond donors (Lipinski definition) is 1. The number of halogens is 1. The molecule has 0 saturated heterocycles. The number of aryl methyl sites for hydroxylation is 1. The Bertz CT molecular complexity index is 1060. The average molecular weight is 373 g/mol. The van der Waals surface area contributed by atoms with Crippen LogP contribution in [0.4, 0.5) is 5.69 Å². The van der Waals surface area contributed by atoms with Crippen LogP contribution in [-0.2, 0) is 7.05 Å². The summed E-state index contributed by atoms with van der Waals surface area (Å²) in [6.45, 7) is 0. The number of fused-ring (bicyclic) bond motifs is 1. The van der Waals surface area contributed by atoms with Crippen molar-refractivity contribution >= 4 is 34.0 Å². The Balaban J connectivity index is 2.07. The monoisotopic (exact) mass is 372 g/mol. The lowest BCUT2D eigenvalue weighted by atomic mass is 10.1. The van der Waals surface area contributed by atoms with Crippen molar-refractivity contribution in [1.29, 1.82) is 0 Å². The molecule has 3 aromatic rings. The number of hydrogen-bond acceptors (Lipinski definition) is 4. The maximum Gasteiger partial charge on any atom is 0.258 e. The van der Waals surface area contributed by atoms with E-state index >= 15 is 0 Å². The second-order valence-corrected chi connectivity index (χ2v) is 6.05. The summed E-state index contributed by atoms with van der Waals surface area (Å²) in [7, 11) is 4.59. The SMILES string of the molecule is COc1cc(OC)c(NC(=O)c2cn(C)c(=O)c3ccccc23)cc1Cl. The zero-order valence-electron chi connectivity index (χ0n) is 14.5. The zero-order chi connectivity index (χ0) is 18.8. The molecule has 134 valence electrons. The van der Waals surface area contributed by atoms with E-state index in [1.807, 2.05) is 0 Å². The molecular formula is C19H17ClN2O4. The van der Waals surface area contributed by atoms with Gasteiger partial charge in [0.15, 0.2) is 0 Å². The molecular weight excluding hydrogens is 356 g/mol. The molecule has 0 aliphatic heterocycles. The molecule has 0 aliphatic rings. The van der Waals surface area contributed by atoms with E-state index in [-0.39, 0.29) is 11.5 Å². The molecule has 1 N–H and O–H groups in total. The summed E-state index contributed by atoms with van der Waals surface area (Å²) in [5.41, 5.74) is 0.611. The average Bonchev–Trinajstić information content (AvgIpc) is 2.65. The molecule has 1 aromatic heterocycles. The first-order valence-electron chi connectivity index (χ1n) is 7.77. The summed E-state index contributed by atoms with van der Waals surface area (Å²) in [4.78, 5) is 25.1. The molecule has 0 radical (unpaired) electrons. The summed E-state index contributed by atoms with van der Waals surface area (Å²) < 4.78 is 11.8. The lowest BCUT2D eigenvalue weighted by Crippen LogP contribution is -2.21. The fraction of sp³-hybridized carbons (Fsp3) is 0.158. The number of anilines is 1. The van der Waals surface area contributed by atoms with Crippen molar-refractivity contribution in [2.24, 2.45) is 7.05 Å². The normalized spacial score (nSPS) is 10.6. The number of ether oxygens (including phenoxy) is 2. The van der Waals surface area contributed by atoms with Crippen LogP contribution in [0.1, 0.15) is 10.4 Å². The number of pyridine rings is 1. The molecule has 0 unspecified atom stereocenters. The van der Waals surface area contributed by atoms with E-state index in [1.54, 1.807) is 43.4 Å². The summed E-state index contributed by atoms with van der Waals surface area (Å²) >= 11 is 6.15. The smallest absolute Gasteiger partial charge is 0.258 e. The number of nitrogens with zero attached hydrogens (tertiary/aromatic N) is 1. The van der Waals surface area contributed by atoms with Gasteiger partial charge in [0.25, 0.3) is 11.5 Å². The number of benzene rings is 2. The van der Waals surface area contributed by atoms with Crippen molar-refractivity contribution in [3.8, 4) is 11.5 Å². The van der Waals surface area contributed by atoms with E-state index in [0.717, 1.165) is 0 Å². The molecule has 6 nitrogen and oxygen atoms in total. The van der Waals surface area contributed by atoms with Gasteiger partial charge in [-0.15, -0.1) is 0 Å². The predicted octanol–water partition coefficient (Wildman–Crippen LogP) is 3.46. The highest BCUT2D eigenvalue weighted by molar-refractivity contribution is 6.32. The Kier molecular flexibility index (Phi) is 4.86. The van der Waals surface area contributed by atoms with E-state index in [1.165, 1.54) is 25.0 Å². The lowest BCUT2D eigenvalue weighted by molar-refractivity contribution is 0.102. The maximum absolute atomic E-state index is 12.9. The van der Waals surface area contributed by atoms with Crippen LogP contribution in [0.3, 0.4) is 0 Å². The molecule has 0 saturated carbocycles. The van der Waals surface area contributed by atoms with Gasteiger partial charge in [0, 0.05) is 30.1 Å². The molecule has 0 spiro atoms. The largest absolute Gasteiger partial charge is 0.495 e. The maximum atomic E-state index is 12.9. The second kappa shape index (κ2) is 7.09. The molecule has 26 heavy (non-hydrogen) atoms. The predicted molar refractivity (Wildman–Crippen MR) is 102 cm³/mol. The van der Waals surface area contributed by atoms with Crippen LogP contribution in [0, 0.1) is 0 Å². The van der Waals surface area contributed by atoms with Gasteiger partial charge in [-0.25, -0.2) is 0 Å². The zero-order valence-corrected chi connectivity index (χ0v) is 15.3. The van der Waals surface area contributed by atoms with Gasteiger partial charge in [-0.3, -0.25) is 9.59 Å². The Morgan fingerprint density at radius 3 is 2.38 bits per heavy atom. The minimum Gasteiger partial charge on any atom is -0.495 e. The Morgan fingerprint density at radius 1 is 1.08 bits per heavy atom. The molecule has 3 rings (SSSR count). The van der Waals surface area contributed by atoms with Gasteiger partial charge in [0.1, 0.15) is 11.5 Å². The molecule has 0 fully saturated rings. The first-order valence-corrected chi connectivity index (χ1v) is 8.15. The van der Waals surface area contributed by atoms with Crippen LogP contribution < -0.4 is 20.3 Å². The van der Waals surface area contributed by atoms with E-state index in [9.17, 15) is 9.59 Å². The van der Waals surface area contributed by atoms with Crippen molar-refractivity contribution < 1.29 is 14.3 Å². The minimum atomic E-state index is -0.378. The third-order valence-corrected chi connectivity index (χ3v) is 4.35. The highest BCUT2D eigenvalue weighted by Crippen LogP contribution is 2.36. The van der Waals surface area contributed by atoms with Gasteiger partial charge in [-0.05, 0) is 12.1 Å². The molecule has 0 atom stereocenters. The van der Waals surface area contributed by atoms with Crippen molar-refractivity contribution in [3.05, 3.63) is 63.5 Å². The highest BCUT2D eigenvalue weighted by atomic mass is 35.5. The number of carbonyl (C=O) groups is 1. The minimum absolute atomic E-state index is 0.165. The van der Waals surface area contributed by atoms with Gasteiger partial charge in [-0.2, -0.15) is 0 Å². The molecule has 2 aromatic carbocycles. The fourth-order valence-corrected chi connectivity index (χ4v) is 2.99. The molecule has 1 amide bonds. The standard InChI is InChI=1S/C19H17ClN2O4/c1-22-10-13(11-6-4-5-7-12(11)19(22)24)18(23)21-15-8-14(20)16(25-2)9-17(15)26-3/h4-10H,1-3H3,(H,21,23). The third kappa shape index (κ3) is 3.11. The van der Waals surface area contributed by atoms with Crippen molar-refractivity contribution in [2.45, 2.75) is 0 Å². The van der Waals surface area contributed by atoms with Crippen LogP contribution in [0.25, 0.3) is 10.8 Å². The third-order valence-electron chi connectivity index (χ3n) is 4.06. The summed E-state index contributed by atoms with van der Waals surface area (Å²) in [6, 6.07) is 10.1. The topological polar surface area (TPSA) is 69.6 Å². The number of rotatable bonds is 4. The van der Waals surface area contributed by atoms with Crippen LogP contribution in [0.5, 0.6) is 11.5 Å². The van der Waals surface area contributed by atoms with Gasteiger partial charge in [0.2, 0.25) is 0 Å². The molecule has 1 heterocycles. The summed E-state index contributed by atoms with van der Waals surface area (Å²) in [5.74, 6) is 0.471. The lowest BCUT2D eigenvalue weighted by Gasteiger charge is -2.14. The first-order chi connectivity index (χ1) is 12.5. The fourth-order valence-electron chi connectivity index (χ4n) is 2.74. The number of carbonyl (C=O) groups excluding carboxylic acids is 1. The van der Waals surface area contributed by atoms with Crippen molar-refractivity contribution in [1.82, 2.24) is 4.57 Å². The van der Waals surface area contributed by atoms with Crippen LogP contribution in [-0.4, -0.2) is 24.7 Å². The Hall–Kier alpha value is -2.99. The van der Waals surface area contributed by atoms with Crippen LogP contribution in [0.15, 0.2) is 47.4 Å². The summed E-state index contributed by atoms with van der Waals surface area (Å²) in [6.07, 6.45) is 1.51. The van der Waals surface area contributed by atoms with Gasteiger partial charge in [0.05, 0.1) is 30.5 Å². The highest BCUT2D eigenvalue weighted by Gasteiger charge is 2.17. The van der Waals surface area contributed by atoms with Crippen molar-refractivity contribution in [3.63, 3.8) is 0 Å².